The van der Waals surface area contributed by atoms with E-state index in [1.54, 1.807) is 7.05 Å². The SMILES string of the molecule is C[C@H]1CN(C2CCOC2)CCN1c1ccc(Nc2cc(B(O)O)cn(C)c2=O)nc1. The van der Waals surface area contributed by atoms with Crippen LogP contribution in [0.3, 0.4) is 0 Å². The van der Waals surface area contributed by atoms with E-state index in [0.29, 0.717) is 17.9 Å². The van der Waals surface area contributed by atoms with E-state index >= 15 is 0 Å². The average molecular weight is 413 g/mol. The third-order valence-corrected chi connectivity index (χ3v) is 5.93. The van der Waals surface area contributed by atoms with Crippen molar-refractivity contribution < 1.29 is 14.8 Å². The Morgan fingerprint density at radius 2 is 2.13 bits per heavy atom. The second kappa shape index (κ2) is 8.77. The highest BCUT2D eigenvalue weighted by Gasteiger charge is 2.30. The lowest BCUT2D eigenvalue weighted by Crippen LogP contribution is -2.55. The van der Waals surface area contributed by atoms with Crippen LogP contribution in [0.1, 0.15) is 13.3 Å². The molecule has 1 unspecified atom stereocenters. The van der Waals surface area contributed by atoms with Gasteiger partial charge in [0.05, 0.1) is 18.5 Å². The first kappa shape index (κ1) is 20.9. The second-order valence-corrected chi connectivity index (χ2v) is 8.06. The third kappa shape index (κ3) is 4.36. The molecule has 2 aromatic rings. The van der Waals surface area contributed by atoms with Crippen LogP contribution in [0.5, 0.6) is 0 Å². The van der Waals surface area contributed by atoms with Gasteiger partial charge in [-0.15, -0.1) is 0 Å². The maximum absolute atomic E-state index is 12.3. The lowest BCUT2D eigenvalue weighted by molar-refractivity contribution is 0.129. The van der Waals surface area contributed by atoms with Gasteiger partial charge in [0.15, 0.2) is 0 Å². The molecule has 2 atom stereocenters. The smallest absolute Gasteiger partial charge is 0.423 e. The minimum Gasteiger partial charge on any atom is -0.423 e. The molecule has 2 fully saturated rings. The van der Waals surface area contributed by atoms with Crippen molar-refractivity contribution in [3.8, 4) is 0 Å². The summed E-state index contributed by atoms with van der Waals surface area (Å²) in [5, 5.41) is 21.8. The van der Waals surface area contributed by atoms with Crippen molar-refractivity contribution >= 4 is 29.8 Å². The zero-order chi connectivity index (χ0) is 21.3. The summed E-state index contributed by atoms with van der Waals surface area (Å²) >= 11 is 0. The zero-order valence-electron chi connectivity index (χ0n) is 17.4. The predicted octanol–water partition coefficient (Wildman–Crippen LogP) is -0.497. The van der Waals surface area contributed by atoms with E-state index < -0.39 is 7.12 Å². The Hall–Kier alpha value is -2.40. The van der Waals surface area contributed by atoms with Crippen LogP contribution in [0.25, 0.3) is 0 Å². The first-order valence-electron chi connectivity index (χ1n) is 10.3. The molecule has 2 aromatic heterocycles. The molecule has 0 aliphatic carbocycles. The minimum atomic E-state index is -1.65. The number of hydrogen-bond donors (Lipinski definition) is 3. The molecule has 2 saturated heterocycles. The fourth-order valence-corrected chi connectivity index (χ4v) is 4.25. The van der Waals surface area contributed by atoms with E-state index in [-0.39, 0.29) is 16.7 Å². The third-order valence-electron chi connectivity index (χ3n) is 5.93. The number of aryl methyl sites for hydroxylation is 1. The Morgan fingerprint density at radius 1 is 1.30 bits per heavy atom. The molecule has 0 radical (unpaired) electrons. The molecule has 4 rings (SSSR count). The van der Waals surface area contributed by atoms with Gasteiger partial charge in [-0.05, 0) is 31.5 Å². The number of rotatable bonds is 5. The van der Waals surface area contributed by atoms with Gasteiger partial charge in [-0.25, -0.2) is 4.98 Å². The summed E-state index contributed by atoms with van der Waals surface area (Å²) in [6, 6.07) is 6.16. The summed E-state index contributed by atoms with van der Waals surface area (Å²) in [6.07, 6.45) is 4.32. The minimum absolute atomic E-state index is 0.232. The number of piperazine rings is 1. The summed E-state index contributed by atoms with van der Waals surface area (Å²) in [5.41, 5.74) is 1.24. The van der Waals surface area contributed by atoms with Crippen LogP contribution in [-0.2, 0) is 11.8 Å². The van der Waals surface area contributed by atoms with Crippen molar-refractivity contribution in [3.05, 3.63) is 40.9 Å². The van der Waals surface area contributed by atoms with Crippen LogP contribution in [0.15, 0.2) is 35.4 Å². The standard InChI is InChI=1S/C20H28BN5O4/c1-14-11-25(17-5-8-30-13-17)6-7-26(14)16-3-4-19(22-10-16)23-18-9-15(21(28)29)12-24(2)20(18)27/h3-4,9-10,12,14,17,28-29H,5-8,11,13H2,1-2H3,(H,22,23)/t14-,17?/m0/s1. The van der Waals surface area contributed by atoms with Gasteiger partial charge in [0.25, 0.3) is 5.56 Å². The summed E-state index contributed by atoms with van der Waals surface area (Å²) in [5.74, 6) is 0.523. The summed E-state index contributed by atoms with van der Waals surface area (Å²) in [7, 11) is -0.0853. The van der Waals surface area contributed by atoms with Crippen molar-refractivity contribution in [2.75, 3.05) is 43.1 Å². The first-order valence-corrected chi connectivity index (χ1v) is 10.3. The molecule has 10 heteroatoms. The quantitative estimate of drug-likeness (QED) is 0.564. The largest absolute Gasteiger partial charge is 0.490 e. The topological polar surface area (TPSA) is 103 Å². The first-order chi connectivity index (χ1) is 14.4. The Balaban J connectivity index is 1.44. The second-order valence-electron chi connectivity index (χ2n) is 8.06. The molecule has 0 saturated carbocycles. The van der Waals surface area contributed by atoms with Gasteiger partial charge < -0.3 is 29.6 Å². The highest BCUT2D eigenvalue weighted by molar-refractivity contribution is 6.58. The highest BCUT2D eigenvalue weighted by atomic mass is 16.5. The molecule has 0 bridgehead atoms. The maximum atomic E-state index is 12.3. The van der Waals surface area contributed by atoms with E-state index in [4.69, 9.17) is 4.74 Å². The van der Waals surface area contributed by atoms with Crippen LogP contribution in [0.2, 0.25) is 0 Å². The van der Waals surface area contributed by atoms with Crippen LogP contribution in [0, 0.1) is 0 Å². The predicted molar refractivity (Wildman–Crippen MR) is 117 cm³/mol. The van der Waals surface area contributed by atoms with Crippen molar-refractivity contribution in [2.45, 2.75) is 25.4 Å². The number of nitrogens with one attached hydrogen (secondary N) is 1. The van der Waals surface area contributed by atoms with Gasteiger partial charge >= 0.3 is 7.12 Å². The number of aromatic nitrogens is 2. The number of pyridine rings is 2. The van der Waals surface area contributed by atoms with Crippen LogP contribution < -0.4 is 21.2 Å². The maximum Gasteiger partial charge on any atom is 0.490 e. The number of hydrogen-bond acceptors (Lipinski definition) is 8. The van der Waals surface area contributed by atoms with Crippen molar-refractivity contribution in [1.29, 1.82) is 0 Å². The molecular formula is C20H28BN5O4. The van der Waals surface area contributed by atoms with Gasteiger partial charge in [-0.3, -0.25) is 9.69 Å². The molecular weight excluding hydrogens is 385 g/mol. The van der Waals surface area contributed by atoms with E-state index in [9.17, 15) is 14.8 Å². The van der Waals surface area contributed by atoms with Crippen LogP contribution in [0.4, 0.5) is 17.2 Å². The monoisotopic (exact) mass is 413 g/mol. The average Bonchev–Trinajstić information content (AvgIpc) is 3.27. The summed E-state index contributed by atoms with van der Waals surface area (Å²) < 4.78 is 6.84. The molecule has 9 nitrogen and oxygen atoms in total. The molecule has 0 amide bonds. The Labute approximate surface area is 176 Å². The normalized spacial score (nSPS) is 22.3. The molecule has 160 valence electrons. The van der Waals surface area contributed by atoms with E-state index in [1.165, 1.54) is 16.8 Å². The fraction of sp³-hybridized carbons (Fsp3) is 0.500. The Morgan fingerprint density at radius 3 is 2.77 bits per heavy atom. The molecule has 2 aliphatic rings. The van der Waals surface area contributed by atoms with Crippen molar-refractivity contribution in [2.24, 2.45) is 7.05 Å². The van der Waals surface area contributed by atoms with E-state index in [1.807, 2.05) is 18.3 Å². The molecule has 3 N–H and O–H groups in total. The molecule has 2 aliphatic heterocycles. The zero-order valence-corrected chi connectivity index (χ0v) is 17.4. The van der Waals surface area contributed by atoms with E-state index in [2.05, 4.69) is 27.0 Å². The molecule has 4 heterocycles. The van der Waals surface area contributed by atoms with Crippen molar-refractivity contribution in [3.63, 3.8) is 0 Å². The van der Waals surface area contributed by atoms with Gasteiger partial charge in [-0.2, -0.15) is 0 Å². The lowest BCUT2D eigenvalue weighted by atomic mass is 9.81. The molecule has 0 aromatic carbocycles. The number of nitrogens with zero attached hydrogens (tertiary/aromatic N) is 4. The highest BCUT2D eigenvalue weighted by Crippen LogP contribution is 2.24. The Kier molecular flexibility index (Phi) is 6.10. The summed E-state index contributed by atoms with van der Waals surface area (Å²) in [6.45, 7) is 6.86. The molecule has 0 spiro atoms. The Bertz CT molecular complexity index is 930. The van der Waals surface area contributed by atoms with Gasteiger partial charge in [0.1, 0.15) is 11.5 Å². The number of ether oxygens (including phenoxy) is 1. The van der Waals surface area contributed by atoms with Crippen LogP contribution >= 0.6 is 0 Å². The summed E-state index contributed by atoms with van der Waals surface area (Å²) in [4.78, 5) is 21.7. The number of anilines is 3. The van der Waals surface area contributed by atoms with Gasteiger partial charge in [-0.1, -0.05) is 0 Å². The van der Waals surface area contributed by atoms with Gasteiger partial charge in [0, 0.05) is 57.0 Å². The van der Waals surface area contributed by atoms with Crippen LogP contribution in [-0.4, -0.2) is 76.5 Å². The van der Waals surface area contributed by atoms with Gasteiger partial charge in [0.2, 0.25) is 0 Å². The lowest BCUT2D eigenvalue weighted by Gasteiger charge is -2.43. The molecule has 30 heavy (non-hydrogen) atoms. The van der Waals surface area contributed by atoms with E-state index in [0.717, 1.165) is 45.0 Å². The van der Waals surface area contributed by atoms with Crippen molar-refractivity contribution in [1.82, 2.24) is 14.5 Å². The fourth-order valence-electron chi connectivity index (χ4n) is 4.25.